The second kappa shape index (κ2) is 7.82. The van der Waals surface area contributed by atoms with E-state index in [1.807, 2.05) is 22.5 Å². The van der Waals surface area contributed by atoms with Crippen molar-refractivity contribution >= 4 is 25.3 Å². The van der Waals surface area contributed by atoms with Crippen LogP contribution in [0.4, 0.5) is 0 Å². The molecule has 0 bridgehead atoms. The molecule has 2 atom stereocenters. The summed E-state index contributed by atoms with van der Waals surface area (Å²) in [4.78, 5) is 24.7. The van der Waals surface area contributed by atoms with Gasteiger partial charge in [-0.2, -0.15) is 5.10 Å². The van der Waals surface area contributed by atoms with Crippen LogP contribution in [0.3, 0.4) is 0 Å². The summed E-state index contributed by atoms with van der Waals surface area (Å²) in [6, 6.07) is 2.92. The molecule has 4 aliphatic rings. The van der Waals surface area contributed by atoms with Crippen molar-refractivity contribution in [1.29, 1.82) is 0 Å². The lowest BCUT2D eigenvalue weighted by Gasteiger charge is -2.40. The zero-order valence-corrected chi connectivity index (χ0v) is 19.7. The van der Waals surface area contributed by atoms with Crippen LogP contribution in [0.25, 0.3) is 10.8 Å². The fourth-order valence-corrected chi connectivity index (χ4v) is 6.29. The topological polar surface area (TPSA) is 57.0 Å². The third kappa shape index (κ3) is 3.57. The smallest absolute Gasteiger partial charge is 0.252 e. The number of carbonyl (C=O) groups excluding carboxylic acids is 1. The number of nitrogens with zero attached hydrogens (tertiary/aromatic N) is 6. The van der Waals surface area contributed by atoms with E-state index in [9.17, 15) is 4.79 Å². The molecule has 2 unspecified atom stereocenters. The van der Waals surface area contributed by atoms with E-state index < -0.39 is 0 Å². The zero-order valence-electron chi connectivity index (χ0n) is 18.7. The molecule has 2 aromatic heterocycles. The van der Waals surface area contributed by atoms with Crippen LogP contribution >= 0.6 is 8.58 Å². The van der Waals surface area contributed by atoms with Crippen LogP contribution in [-0.4, -0.2) is 73.2 Å². The van der Waals surface area contributed by atoms with Gasteiger partial charge in [-0.1, -0.05) is 21.6 Å². The van der Waals surface area contributed by atoms with Gasteiger partial charge in [0.2, 0.25) is 0 Å². The van der Waals surface area contributed by atoms with Gasteiger partial charge in [0.25, 0.3) is 5.91 Å². The van der Waals surface area contributed by atoms with Crippen LogP contribution in [0.2, 0.25) is 0 Å². The summed E-state index contributed by atoms with van der Waals surface area (Å²) in [5.74, 6) is 0.124. The van der Waals surface area contributed by atoms with Gasteiger partial charge >= 0.3 is 0 Å². The molecule has 1 saturated carbocycles. The van der Waals surface area contributed by atoms with Crippen LogP contribution in [0.1, 0.15) is 36.8 Å². The molecule has 0 N–H and O–H groups in total. The molecule has 0 radical (unpaired) electrons. The number of aryl methyl sites for hydroxylation is 2. The van der Waals surface area contributed by atoms with Gasteiger partial charge in [0.15, 0.2) is 0 Å². The first-order chi connectivity index (χ1) is 15.6. The number of hydrogen-bond acceptors (Lipinski definition) is 5. The molecule has 0 aromatic carbocycles. The van der Waals surface area contributed by atoms with E-state index in [2.05, 4.69) is 46.1 Å². The van der Waals surface area contributed by atoms with E-state index in [1.165, 1.54) is 12.8 Å². The van der Waals surface area contributed by atoms with Crippen molar-refractivity contribution in [1.82, 2.24) is 29.3 Å². The van der Waals surface area contributed by atoms with Crippen molar-refractivity contribution in [3.8, 4) is 0 Å². The third-order valence-corrected chi connectivity index (χ3v) is 8.33. The van der Waals surface area contributed by atoms with Crippen molar-refractivity contribution in [2.75, 3.05) is 26.2 Å². The number of allylic oxidation sites excluding steroid dienone is 1. The predicted octanol–water partition coefficient (Wildman–Crippen LogP) is 2.98. The summed E-state index contributed by atoms with van der Waals surface area (Å²) < 4.78 is 1.91. The van der Waals surface area contributed by atoms with Crippen molar-refractivity contribution < 1.29 is 4.79 Å². The van der Waals surface area contributed by atoms with E-state index in [0.717, 1.165) is 72.3 Å². The first kappa shape index (κ1) is 20.1. The maximum Gasteiger partial charge on any atom is 0.252 e. The van der Waals surface area contributed by atoms with E-state index in [1.54, 1.807) is 6.08 Å². The molecule has 32 heavy (non-hydrogen) atoms. The molecule has 166 valence electrons. The second-order valence-electron chi connectivity index (χ2n) is 9.10. The van der Waals surface area contributed by atoms with E-state index in [-0.39, 0.29) is 11.7 Å². The summed E-state index contributed by atoms with van der Waals surface area (Å²) in [5.41, 5.74) is 5.08. The number of fused-ring (bicyclic) bond motifs is 2. The lowest BCUT2D eigenvalue weighted by atomic mass is 10.2. The standard InChI is InChI=1S/C24H29N6OP/c1-3-19-21-12-20(26-30(21)14-16(2)25-19)22-13-23(31)29-15-18(6-7-24(29)32-22)28-10-8-27(9-11-28)17-4-5-17/h6-7,12-15,17,24,32H,3-5,8-11H2,1-2H3. The average Bonchev–Trinajstić information content (AvgIpc) is 3.57. The van der Waals surface area contributed by atoms with E-state index >= 15 is 0 Å². The maximum atomic E-state index is 13.1. The maximum absolute atomic E-state index is 13.1. The van der Waals surface area contributed by atoms with Crippen LogP contribution in [0, 0.1) is 6.92 Å². The lowest BCUT2D eigenvalue weighted by Crippen LogP contribution is -2.47. The molecule has 2 aromatic rings. The molecule has 5 heterocycles. The highest BCUT2D eigenvalue weighted by Crippen LogP contribution is 2.44. The first-order valence-electron chi connectivity index (χ1n) is 11.6. The molecule has 6 rings (SSSR count). The Hall–Kier alpha value is -2.50. The molecule has 3 aliphatic heterocycles. The Kier molecular flexibility index (Phi) is 4.92. The molecular weight excluding hydrogens is 419 g/mol. The summed E-state index contributed by atoms with van der Waals surface area (Å²) in [6.07, 6.45) is 13.8. The van der Waals surface area contributed by atoms with Gasteiger partial charge in [0.05, 0.1) is 40.3 Å². The summed E-state index contributed by atoms with van der Waals surface area (Å²) in [6.45, 7) is 8.43. The largest absolute Gasteiger partial charge is 0.368 e. The predicted molar refractivity (Wildman–Crippen MR) is 127 cm³/mol. The Bertz CT molecular complexity index is 1170. The monoisotopic (exact) mass is 448 g/mol. The van der Waals surface area contributed by atoms with Crippen molar-refractivity contribution in [2.24, 2.45) is 0 Å². The van der Waals surface area contributed by atoms with Gasteiger partial charge < -0.3 is 9.80 Å². The normalized spacial score (nSPS) is 24.8. The van der Waals surface area contributed by atoms with Gasteiger partial charge in [-0.05, 0) is 38.3 Å². The lowest BCUT2D eigenvalue weighted by molar-refractivity contribution is -0.123. The molecule has 2 fully saturated rings. The molecule has 0 spiro atoms. The summed E-state index contributed by atoms with van der Waals surface area (Å²) in [7, 11) is 0.477. The zero-order chi connectivity index (χ0) is 21.8. The summed E-state index contributed by atoms with van der Waals surface area (Å²) >= 11 is 0. The number of hydrogen-bond donors (Lipinski definition) is 0. The molecule has 8 heteroatoms. The summed E-state index contributed by atoms with van der Waals surface area (Å²) in [5, 5.41) is 5.81. The van der Waals surface area contributed by atoms with Gasteiger partial charge in [-0.15, -0.1) is 0 Å². The number of carbonyl (C=O) groups is 1. The van der Waals surface area contributed by atoms with Crippen LogP contribution in [0.15, 0.2) is 42.4 Å². The molecule has 1 amide bonds. The minimum absolute atomic E-state index is 0.0456. The van der Waals surface area contributed by atoms with Gasteiger partial charge in [0, 0.05) is 49.8 Å². The average molecular weight is 449 g/mol. The van der Waals surface area contributed by atoms with Crippen molar-refractivity contribution in [3.05, 3.63) is 59.5 Å². The molecule has 1 aliphatic carbocycles. The third-order valence-electron chi connectivity index (χ3n) is 6.85. The Morgan fingerprint density at radius 1 is 1.19 bits per heavy atom. The molecule has 1 saturated heterocycles. The number of amides is 1. The molecular formula is C24H29N6OP. The Balaban J connectivity index is 1.22. The van der Waals surface area contributed by atoms with Gasteiger partial charge in [0.1, 0.15) is 0 Å². The highest BCUT2D eigenvalue weighted by molar-refractivity contribution is 7.51. The quantitative estimate of drug-likeness (QED) is 0.674. The fourth-order valence-electron chi connectivity index (χ4n) is 4.96. The van der Waals surface area contributed by atoms with Gasteiger partial charge in [-0.3, -0.25) is 14.7 Å². The van der Waals surface area contributed by atoms with Crippen molar-refractivity contribution in [3.63, 3.8) is 0 Å². The minimum atomic E-state index is 0.0456. The number of aromatic nitrogens is 3. The van der Waals surface area contributed by atoms with E-state index in [4.69, 9.17) is 5.10 Å². The highest BCUT2D eigenvalue weighted by atomic mass is 31.1. The second-order valence-corrected chi connectivity index (χ2v) is 10.5. The highest BCUT2D eigenvalue weighted by Gasteiger charge is 2.33. The van der Waals surface area contributed by atoms with E-state index in [0.29, 0.717) is 8.58 Å². The fraction of sp³-hybridized carbons (Fsp3) is 0.458. The van der Waals surface area contributed by atoms with Gasteiger partial charge in [-0.25, -0.2) is 4.52 Å². The Morgan fingerprint density at radius 2 is 2.00 bits per heavy atom. The van der Waals surface area contributed by atoms with Crippen LogP contribution in [0.5, 0.6) is 0 Å². The Morgan fingerprint density at radius 3 is 2.75 bits per heavy atom. The Labute approximate surface area is 190 Å². The van der Waals surface area contributed by atoms with Crippen LogP contribution < -0.4 is 0 Å². The SMILES string of the molecule is CCc1nc(C)cn2nc(C3=CC(=O)N4C=C(N5CCN(C6CC6)CC5)C=CC4P3)cc12. The first-order valence-corrected chi connectivity index (χ1v) is 12.7. The molecule has 7 nitrogen and oxygen atoms in total. The minimum Gasteiger partial charge on any atom is -0.368 e. The van der Waals surface area contributed by atoms with Crippen molar-refractivity contribution in [2.45, 2.75) is 44.9 Å². The van der Waals surface area contributed by atoms with Crippen LogP contribution in [-0.2, 0) is 11.2 Å². The number of rotatable bonds is 4. The number of piperazine rings is 1.